The number of hydrogen-bond acceptors (Lipinski definition) is 2. The second kappa shape index (κ2) is 8.30. The molecule has 1 aromatic heterocycles. The van der Waals surface area contributed by atoms with Crippen LogP contribution in [0.1, 0.15) is 18.5 Å². The van der Waals surface area contributed by atoms with Crippen LogP contribution in [0.3, 0.4) is 0 Å². The number of aromatic nitrogens is 1. The SMILES string of the molecule is COc1ccc(CNC(=O)[C@H](C)[n+]2cccc(-c3ccccc3)c2)cc1. The molecule has 0 aliphatic rings. The smallest absolute Gasteiger partial charge is 0.289 e. The Morgan fingerprint density at radius 1 is 1.00 bits per heavy atom. The van der Waals surface area contributed by atoms with Gasteiger partial charge in [-0.3, -0.25) is 4.79 Å². The van der Waals surface area contributed by atoms with Crippen molar-refractivity contribution in [1.82, 2.24) is 5.32 Å². The highest BCUT2D eigenvalue weighted by molar-refractivity contribution is 5.78. The maximum atomic E-state index is 12.5. The van der Waals surface area contributed by atoms with E-state index in [1.54, 1.807) is 7.11 Å². The molecule has 0 saturated heterocycles. The van der Waals surface area contributed by atoms with Crippen LogP contribution in [-0.4, -0.2) is 13.0 Å². The van der Waals surface area contributed by atoms with E-state index in [-0.39, 0.29) is 11.9 Å². The summed E-state index contributed by atoms with van der Waals surface area (Å²) in [6, 6.07) is 21.6. The third kappa shape index (κ3) is 4.28. The second-order valence-corrected chi connectivity index (χ2v) is 6.15. The predicted molar refractivity (Wildman–Crippen MR) is 102 cm³/mol. The Bertz CT molecular complexity index is 861. The van der Waals surface area contributed by atoms with Crippen LogP contribution < -0.4 is 14.6 Å². The fraction of sp³-hybridized carbons (Fsp3) is 0.182. The minimum absolute atomic E-state index is 0.0176. The van der Waals surface area contributed by atoms with Gasteiger partial charge in [0, 0.05) is 25.1 Å². The molecule has 0 bridgehead atoms. The standard InChI is InChI=1S/C22H22N2O2/c1-17(22(25)23-15-18-10-12-21(26-2)13-11-18)24-14-6-9-20(16-24)19-7-4-3-5-8-19/h3-14,16-17H,15H2,1-2H3/p+1/t17-/m0/s1. The minimum atomic E-state index is -0.295. The van der Waals surface area contributed by atoms with Crippen molar-refractivity contribution >= 4 is 5.91 Å². The Balaban J connectivity index is 1.66. The van der Waals surface area contributed by atoms with Crippen molar-refractivity contribution in [3.63, 3.8) is 0 Å². The van der Waals surface area contributed by atoms with Crippen molar-refractivity contribution in [1.29, 1.82) is 0 Å². The molecule has 0 unspecified atom stereocenters. The number of rotatable bonds is 6. The van der Waals surface area contributed by atoms with Gasteiger partial charge >= 0.3 is 0 Å². The first-order chi connectivity index (χ1) is 12.7. The van der Waals surface area contributed by atoms with Gasteiger partial charge in [0.1, 0.15) is 5.75 Å². The van der Waals surface area contributed by atoms with E-state index in [0.717, 1.165) is 22.4 Å². The zero-order chi connectivity index (χ0) is 18.4. The van der Waals surface area contributed by atoms with Crippen molar-refractivity contribution in [3.8, 4) is 16.9 Å². The van der Waals surface area contributed by atoms with Crippen LogP contribution in [0.15, 0.2) is 79.1 Å². The largest absolute Gasteiger partial charge is 0.497 e. The summed E-state index contributed by atoms with van der Waals surface area (Å²) in [6.07, 6.45) is 3.93. The highest BCUT2D eigenvalue weighted by Crippen LogP contribution is 2.17. The van der Waals surface area contributed by atoms with Gasteiger partial charge in [0.05, 0.1) is 7.11 Å². The van der Waals surface area contributed by atoms with Gasteiger partial charge in [-0.25, -0.2) is 0 Å². The van der Waals surface area contributed by atoms with E-state index in [9.17, 15) is 4.79 Å². The summed E-state index contributed by atoms with van der Waals surface area (Å²) in [5, 5.41) is 2.99. The Morgan fingerprint density at radius 3 is 2.38 bits per heavy atom. The van der Waals surface area contributed by atoms with Crippen LogP contribution >= 0.6 is 0 Å². The first kappa shape index (κ1) is 17.7. The fourth-order valence-electron chi connectivity index (χ4n) is 2.75. The lowest BCUT2D eigenvalue weighted by Crippen LogP contribution is -2.46. The number of nitrogens with one attached hydrogen (secondary N) is 1. The summed E-state index contributed by atoms with van der Waals surface area (Å²) in [7, 11) is 1.64. The van der Waals surface area contributed by atoms with Crippen molar-refractivity contribution in [3.05, 3.63) is 84.7 Å². The number of nitrogens with zero attached hydrogens (tertiary/aromatic N) is 1. The molecule has 1 atom stereocenters. The van der Waals surface area contributed by atoms with E-state index in [0.29, 0.717) is 6.54 Å². The highest BCUT2D eigenvalue weighted by Gasteiger charge is 2.22. The molecule has 4 nitrogen and oxygen atoms in total. The molecule has 0 fully saturated rings. The molecule has 0 aliphatic heterocycles. The average Bonchev–Trinajstić information content (AvgIpc) is 2.72. The lowest BCUT2D eigenvalue weighted by molar-refractivity contribution is -0.705. The lowest BCUT2D eigenvalue weighted by Gasteiger charge is -2.10. The Kier molecular flexibility index (Phi) is 5.64. The number of methoxy groups -OCH3 is 1. The number of pyridine rings is 1. The van der Waals surface area contributed by atoms with Gasteiger partial charge in [-0.1, -0.05) is 42.5 Å². The molecule has 0 saturated carbocycles. The van der Waals surface area contributed by atoms with Gasteiger partial charge in [0.2, 0.25) is 6.04 Å². The zero-order valence-electron chi connectivity index (χ0n) is 15.1. The maximum Gasteiger partial charge on any atom is 0.289 e. The molecule has 0 radical (unpaired) electrons. The van der Waals surface area contributed by atoms with Crippen molar-refractivity contribution < 1.29 is 14.1 Å². The van der Waals surface area contributed by atoms with E-state index in [1.165, 1.54) is 0 Å². The van der Waals surface area contributed by atoms with E-state index < -0.39 is 0 Å². The summed E-state index contributed by atoms with van der Waals surface area (Å²) in [6.45, 7) is 2.39. The van der Waals surface area contributed by atoms with Crippen LogP contribution in [0.4, 0.5) is 0 Å². The molecule has 0 aliphatic carbocycles. The number of hydrogen-bond donors (Lipinski definition) is 1. The second-order valence-electron chi connectivity index (χ2n) is 6.15. The Hall–Kier alpha value is -3.14. The summed E-state index contributed by atoms with van der Waals surface area (Å²) < 4.78 is 7.08. The molecule has 2 aromatic carbocycles. The van der Waals surface area contributed by atoms with Crippen molar-refractivity contribution in [2.75, 3.05) is 7.11 Å². The molecule has 26 heavy (non-hydrogen) atoms. The quantitative estimate of drug-likeness (QED) is 0.693. The van der Waals surface area contributed by atoms with Gasteiger partial charge in [0.25, 0.3) is 5.91 Å². The molecular weight excluding hydrogens is 324 g/mol. The summed E-state index contributed by atoms with van der Waals surface area (Å²) in [5.41, 5.74) is 3.25. The number of benzene rings is 2. The Labute approximate surface area is 154 Å². The molecule has 0 spiro atoms. The monoisotopic (exact) mass is 347 g/mol. The topological polar surface area (TPSA) is 42.2 Å². The zero-order valence-corrected chi connectivity index (χ0v) is 15.1. The molecule has 4 heteroatoms. The maximum absolute atomic E-state index is 12.5. The third-order valence-corrected chi connectivity index (χ3v) is 4.38. The minimum Gasteiger partial charge on any atom is -0.497 e. The summed E-state index contributed by atoms with van der Waals surface area (Å²) in [4.78, 5) is 12.5. The predicted octanol–water partition coefficient (Wildman–Crippen LogP) is 3.53. The number of carbonyl (C=O) groups excluding carboxylic acids is 1. The third-order valence-electron chi connectivity index (χ3n) is 4.38. The molecule has 3 aromatic rings. The number of ether oxygens (including phenoxy) is 1. The first-order valence-corrected chi connectivity index (χ1v) is 8.64. The van der Waals surface area contributed by atoms with Crippen LogP contribution in [-0.2, 0) is 11.3 Å². The normalized spacial score (nSPS) is 11.6. The van der Waals surface area contributed by atoms with Gasteiger partial charge in [-0.05, 0) is 29.3 Å². The van der Waals surface area contributed by atoms with E-state index in [2.05, 4.69) is 17.4 Å². The number of carbonyl (C=O) groups is 1. The van der Waals surface area contributed by atoms with Crippen LogP contribution in [0.25, 0.3) is 11.1 Å². The van der Waals surface area contributed by atoms with E-state index in [1.807, 2.05) is 78.5 Å². The highest BCUT2D eigenvalue weighted by atomic mass is 16.5. The average molecular weight is 347 g/mol. The molecule has 3 rings (SSSR count). The number of amides is 1. The fourth-order valence-corrected chi connectivity index (χ4v) is 2.75. The van der Waals surface area contributed by atoms with E-state index in [4.69, 9.17) is 4.74 Å². The van der Waals surface area contributed by atoms with E-state index >= 15 is 0 Å². The van der Waals surface area contributed by atoms with Crippen LogP contribution in [0.2, 0.25) is 0 Å². The van der Waals surface area contributed by atoms with Crippen LogP contribution in [0, 0.1) is 0 Å². The molecular formula is C22H23N2O2+. The van der Waals surface area contributed by atoms with Crippen molar-refractivity contribution in [2.45, 2.75) is 19.5 Å². The molecule has 132 valence electrons. The van der Waals surface area contributed by atoms with Crippen LogP contribution in [0.5, 0.6) is 5.75 Å². The molecule has 1 amide bonds. The summed E-state index contributed by atoms with van der Waals surface area (Å²) >= 11 is 0. The lowest BCUT2D eigenvalue weighted by atomic mass is 10.1. The van der Waals surface area contributed by atoms with Crippen molar-refractivity contribution in [2.24, 2.45) is 0 Å². The molecule has 1 heterocycles. The summed E-state index contributed by atoms with van der Waals surface area (Å²) in [5.74, 6) is 0.790. The van der Waals surface area contributed by atoms with Gasteiger partial charge in [-0.2, -0.15) is 4.57 Å². The van der Waals surface area contributed by atoms with Gasteiger partial charge in [0.15, 0.2) is 12.4 Å². The van der Waals surface area contributed by atoms with Gasteiger partial charge < -0.3 is 10.1 Å². The van der Waals surface area contributed by atoms with Gasteiger partial charge in [-0.15, -0.1) is 0 Å². The first-order valence-electron chi connectivity index (χ1n) is 8.64. The Morgan fingerprint density at radius 2 is 1.69 bits per heavy atom. The molecule has 1 N–H and O–H groups in total.